The Balaban J connectivity index is 1.60. The summed E-state index contributed by atoms with van der Waals surface area (Å²) >= 11 is 0. The van der Waals surface area contributed by atoms with Crippen molar-refractivity contribution in [3.63, 3.8) is 0 Å². The largest absolute Gasteiger partial charge is 0.270 e. The predicted molar refractivity (Wildman–Crippen MR) is 123 cm³/mol. The number of sulfonamides is 1. The van der Waals surface area contributed by atoms with Gasteiger partial charge in [-0.05, 0) is 50.1 Å². The minimum Gasteiger partial charge on any atom is -0.270 e. The van der Waals surface area contributed by atoms with Crippen LogP contribution in [0.4, 0.5) is 0 Å². The fourth-order valence-electron chi connectivity index (χ4n) is 3.75. The third-order valence-corrected chi connectivity index (χ3v) is 6.92. The van der Waals surface area contributed by atoms with Gasteiger partial charge in [0.15, 0.2) is 0 Å². The number of nitrogens with zero attached hydrogens (tertiary/aromatic N) is 1. The van der Waals surface area contributed by atoms with Crippen LogP contribution in [-0.4, -0.2) is 30.7 Å². The van der Waals surface area contributed by atoms with Gasteiger partial charge in [-0.15, -0.1) is 0 Å². The van der Waals surface area contributed by atoms with E-state index in [-0.39, 0.29) is 23.3 Å². The van der Waals surface area contributed by atoms with E-state index in [4.69, 9.17) is 0 Å². The van der Waals surface area contributed by atoms with Crippen molar-refractivity contribution in [1.82, 2.24) is 9.62 Å². The lowest BCUT2D eigenvalue weighted by Crippen LogP contribution is -2.40. The van der Waals surface area contributed by atoms with Gasteiger partial charge in [0, 0.05) is 11.1 Å². The highest BCUT2D eigenvalue weighted by molar-refractivity contribution is 7.89. The Labute approximate surface area is 187 Å². The summed E-state index contributed by atoms with van der Waals surface area (Å²) in [5.74, 6) is -0.612. The number of carbonyl (C=O) groups is 2. The molecule has 6 nitrogen and oxygen atoms in total. The van der Waals surface area contributed by atoms with Crippen molar-refractivity contribution in [2.24, 2.45) is 0 Å². The van der Waals surface area contributed by atoms with Crippen molar-refractivity contribution in [2.45, 2.75) is 37.8 Å². The molecule has 164 valence electrons. The zero-order valence-corrected chi connectivity index (χ0v) is 18.9. The Kier molecular flexibility index (Phi) is 5.48. The topological polar surface area (TPSA) is 83.6 Å². The normalized spacial score (nSPS) is 14.0. The molecule has 3 aromatic carbocycles. The Morgan fingerprint density at radius 3 is 1.78 bits per heavy atom. The minimum atomic E-state index is -3.72. The first-order chi connectivity index (χ1) is 15.1. The van der Waals surface area contributed by atoms with Crippen molar-refractivity contribution >= 4 is 21.8 Å². The SMILES string of the molecule is CC(C)(C)NS(=O)(=O)c1ccccc1-c1ccc(CN2C(=O)c3ccccc3C2=O)cc1. The van der Waals surface area contributed by atoms with Crippen LogP contribution in [0.5, 0.6) is 0 Å². The Bertz CT molecular complexity index is 1270. The lowest BCUT2D eigenvalue weighted by Gasteiger charge is -2.21. The second-order valence-corrected chi connectivity index (χ2v) is 10.4. The molecule has 0 fully saturated rings. The Morgan fingerprint density at radius 2 is 1.25 bits per heavy atom. The summed E-state index contributed by atoms with van der Waals surface area (Å²) in [6.45, 7) is 5.53. The Hall–Kier alpha value is -3.29. The first kappa shape index (κ1) is 21.9. The van der Waals surface area contributed by atoms with Gasteiger partial charge in [0.05, 0.1) is 22.6 Å². The molecule has 1 aliphatic rings. The average molecular weight is 449 g/mol. The molecule has 0 saturated heterocycles. The number of nitrogens with one attached hydrogen (secondary N) is 1. The average Bonchev–Trinajstić information content (AvgIpc) is 2.98. The maximum atomic E-state index is 12.9. The molecular formula is C25H24N2O4S. The van der Waals surface area contributed by atoms with Crippen molar-refractivity contribution in [1.29, 1.82) is 0 Å². The van der Waals surface area contributed by atoms with Crippen LogP contribution in [0.2, 0.25) is 0 Å². The molecule has 0 aromatic heterocycles. The molecule has 1 aliphatic heterocycles. The summed E-state index contributed by atoms with van der Waals surface area (Å²) in [5, 5.41) is 0. The van der Waals surface area contributed by atoms with E-state index in [1.54, 1.807) is 93.6 Å². The highest BCUT2D eigenvalue weighted by Gasteiger charge is 2.35. The fourth-order valence-corrected chi connectivity index (χ4v) is 5.40. The van der Waals surface area contributed by atoms with E-state index >= 15 is 0 Å². The number of amides is 2. The summed E-state index contributed by atoms with van der Waals surface area (Å²) in [4.78, 5) is 26.6. The standard InChI is InChI=1S/C25H24N2O4S/c1-25(2,3)26-32(30,31)22-11-7-6-8-19(22)18-14-12-17(13-15-18)16-27-23(28)20-9-4-5-10-21(20)24(27)29/h4-15,26H,16H2,1-3H3. The lowest BCUT2D eigenvalue weighted by atomic mass is 10.0. The summed E-state index contributed by atoms with van der Waals surface area (Å²) in [5.41, 5.74) is 2.31. The van der Waals surface area contributed by atoms with Crippen molar-refractivity contribution < 1.29 is 18.0 Å². The molecular weight excluding hydrogens is 424 g/mol. The Morgan fingerprint density at radius 1 is 0.750 bits per heavy atom. The van der Waals surface area contributed by atoms with Crippen LogP contribution < -0.4 is 4.72 Å². The van der Waals surface area contributed by atoms with Crippen LogP contribution in [0.15, 0.2) is 77.7 Å². The van der Waals surface area contributed by atoms with E-state index in [1.807, 2.05) is 0 Å². The summed E-state index contributed by atoms with van der Waals surface area (Å²) in [6, 6.07) is 20.8. The van der Waals surface area contributed by atoms with Crippen LogP contribution in [0.1, 0.15) is 47.1 Å². The molecule has 3 aromatic rings. The maximum Gasteiger partial charge on any atom is 0.261 e. The number of hydrogen-bond acceptors (Lipinski definition) is 4. The summed E-state index contributed by atoms with van der Waals surface area (Å²) in [7, 11) is -3.72. The number of carbonyl (C=O) groups excluding carboxylic acids is 2. The van der Waals surface area contributed by atoms with E-state index in [9.17, 15) is 18.0 Å². The van der Waals surface area contributed by atoms with E-state index in [2.05, 4.69) is 4.72 Å². The number of hydrogen-bond donors (Lipinski definition) is 1. The smallest absolute Gasteiger partial charge is 0.261 e. The highest BCUT2D eigenvalue weighted by atomic mass is 32.2. The molecule has 4 rings (SSSR count). The molecule has 0 atom stereocenters. The first-order valence-corrected chi connectivity index (χ1v) is 11.7. The van der Waals surface area contributed by atoms with Crippen molar-refractivity contribution in [3.05, 3.63) is 89.5 Å². The van der Waals surface area contributed by atoms with Crippen LogP contribution >= 0.6 is 0 Å². The molecule has 32 heavy (non-hydrogen) atoms. The van der Waals surface area contributed by atoms with Gasteiger partial charge in [-0.3, -0.25) is 14.5 Å². The van der Waals surface area contributed by atoms with Gasteiger partial charge in [-0.25, -0.2) is 13.1 Å². The van der Waals surface area contributed by atoms with Crippen LogP contribution in [0.3, 0.4) is 0 Å². The highest BCUT2D eigenvalue weighted by Crippen LogP contribution is 2.29. The minimum absolute atomic E-state index is 0.151. The van der Waals surface area contributed by atoms with Gasteiger partial charge >= 0.3 is 0 Å². The molecule has 1 N–H and O–H groups in total. The van der Waals surface area contributed by atoms with Crippen LogP contribution in [0, 0.1) is 0 Å². The van der Waals surface area contributed by atoms with E-state index in [0.717, 1.165) is 11.1 Å². The van der Waals surface area contributed by atoms with Crippen LogP contribution in [0.25, 0.3) is 11.1 Å². The van der Waals surface area contributed by atoms with Gasteiger partial charge < -0.3 is 0 Å². The van der Waals surface area contributed by atoms with Gasteiger partial charge in [-0.2, -0.15) is 0 Å². The molecule has 7 heteroatoms. The monoisotopic (exact) mass is 448 g/mol. The zero-order valence-electron chi connectivity index (χ0n) is 18.1. The number of fused-ring (bicyclic) bond motifs is 1. The summed E-state index contributed by atoms with van der Waals surface area (Å²) in [6.07, 6.45) is 0. The fraction of sp³-hybridized carbons (Fsp3) is 0.200. The van der Waals surface area contributed by atoms with E-state index in [1.165, 1.54) is 4.90 Å². The molecule has 0 radical (unpaired) electrons. The molecule has 2 amide bonds. The van der Waals surface area contributed by atoms with Gasteiger partial charge in [0.1, 0.15) is 0 Å². The van der Waals surface area contributed by atoms with Crippen molar-refractivity contribution in [2.75, 3.05) is 0 Å². The van der Waals surface area contributed by atoms with Gasteiger partial charge in [0.2, 0.25) is 10.0 Å². The maximum absolute atomic E-state index is 12.9. The number of rotatable bonds is 5. The predicted octanol–water partition coefficient (Wildman–Crippen LogP) is 4.23. The number of imide groups is 1. The van der Waals surface area contributed by atoms with E-state index in [0.29, 0.717) is 16.7 Å². The lowest BCUT2D eigenvalue weighted by molar-refractivity contribution is 0.0642. The van der Waals surface area contributed by atoms with E-state index < -0.39 is 15.6 Å². The molecule has 1 heterocycles. The second kappa shape index (κ2) is 8.00. The third-order valence-electron chi connectivity index (χ3n) is 5.10. The summed E-state index contributed by atoms with van der Waals surface area (Å²) < 4.78 is 28.5. The molecule has 0 unspecified atom stereocenters. The molecule has 0 aliphatic carbocycles. The van der Waals surface area contributed by atoms with Crippen LogP contribution in [-0.2, 0) is 16.6 Å². The van der Waals surface area contributed by atoms with Gasteiger partial charge in [-0.1, -0.05) is 54.6 Å². The second-order valence-electron chi connectivity index (χ2n) is 8.79. The van der Waals surface area contributed by atoms with Gasteiger partial charge in [0.25, 0.3) is 11.8 Å². The zero-order chi connectivity index (χ0) is 23.1. The quantitative estimate of drug-likeness (QED) is 0.592. The molecule has 0 spiro atoms. The first-order valence-electron chi connectivity index (χ1n) is 10.2. The molecule has 0 bridgehead atoms. The molecule has 0 saturated carbocycles. The van der Waals surface area contributed by atoms with Crippen molar-refractivity contribution in [3.8, 4) is 11.1 Å². The third kappa shape index (κ3) is 4.22. The number of benzene rings is 3.